The topological polar surface area (TPSA) is 81.4 Å². The molecule has 5 nitrogen and oxygen atoms in total. The summed E-state index contributed by atoms with van der Waals surface area (Å²) in [5.74, 6) is -0.0450. The number of fused-ring (bicyclic) bond motifs is 1. The van der Waals surface area contributed by atoms with Gasteiger partial charge in [-0.05, 0) is 49.0 Å². The van der Waals surface area contributed by atoms with E-state index >= 15 is 0 Å². The maximum Gasteiger partial charge on any atom is 0.254 e. The van der Waals surface area contributed by atoms with Gasteiger partial charge >= 0.3 is 0 Å². The average molecular weight is 350 g/mol. The minimum atomic E-state index is -0.454. The molecule has 1 aliphatic carbocycles. The van der Waals surface area contributed by atoms with E-state index < -0.39 is 12.0 Å². The zero-order valence-corrected chi connectivity index (χ0v) is 15.4. The van der Waals surface area contributed by atoms with Crippen molar-refractivity contribution in [3.63, 3.8) is 0 Å². The van der Waals surface area contributed by atoms with Gasteiger partial charge in [-0.3, -0.25) is 9.59 Å². The van der Waals surface area contributed by atoms with Crippen molar-refractivity contribution in [3.8, 4) is 0 Å². The Bertz CT molecular complexity index is 654. The summed E-state index contributed by atoms with van der Waals surface area (Å²) in [6.07, 6.45) is 4.06. The lowest BCUT2D eigenvalue weighted by molar-refractivity contribution is -0.124. The van der Waals surface area contributed by atoms with Gasteiger partial charge in [-0.15, -0.1) is 11.3 Å². The number of ether oxygens (including phenoxy) is 1. The quantitative estimate of drug-likeness (QED) is 0.879. The van der Waals surface area contributed by atoms with Crippen LogP contribution in [0, 0.1) is 11.3 Å². The second-order valence-electron chi connectivity index (χ2n) is 7.87. The summed E-state index contributed by atoms with van der Waals surface area (Å²) in [6, 6.07) is 0. The summed E-state index contributed by atoms with van der Waals surface area (Å²) >= 11 is 1.51. The second kappa shape index (κ2) is 6.48. The van der Waals surface area contributed by atoms with Crippen molar-refractivity contribution < 1.29 is 14.3 Å². The molecule has 1 fully saturated rings. The van der Waals surface area contributed by atoms with Gasteiger partial charge in [0.2, 0.25) is 0 Å². The van der Waals surface area contributed by atoms with Gasteiger partial charge in [0.05, 0.1) is 5.56 Å². The molecule has 2 aliphatic rings. The molecule has 1 aromatic heterocycles. The van der Waals surface area contributed by atoms with E-state index in [0.29, 0.717) is 23.1 Å². The Balaban J connectivity index is 1.86. The molecule has 0 aromatic carbocycles. The van der Waals surface area contributed by atoms with E-state index in [4.69, 9.17) is 10.5 Å². The Morgan fingerprint density at radius 1 is 1.29 bits per heavy atom. The molecule has 1 aliphatic heterocycles. The first kappa shape index (κ1) is 17.4. The molecule has 1 saturated heterocycles. The number of hydrogen-bond donors (Lipinski definition) is 2. The van der Waals surface area contributed by atoms with Crippen LogP contribution in [0.15, 0.2) is 0 Å². The Morgan fingerprint density at radius 2 is 2.04 bits per heavy atom. The largest absolute Gasteiger partial charge is 0.368 e. The van der Waals surface area contributed by atoms with Crippen LogP contribution in [-0.2, 0) is 22.4 Å². The molecule has 0 spiro atoms. The molecule has 3 rings (SSSR count). The maximum atomic E-state index is 12.3. The van der Waals surface area contributed by atoms with Gasteiger partial charge in [0, 0.05) is 11.5 Å². The van der Waals surface area contributed by atoms with Crippen molar-refractivity contribution in [3.05, 3.63) is 16.0 Å². The van der Waals surface area contributed by atoms with Crippen molar-refractivity contribution in [2.24, 2.45) is 17.1 Å². The molecule has 0 unspecified atom stereocenters. The van der Waals surface area contributed by atoms with E-state index in [0.717, 1.165) is 37.7 Å². The third kappa shape index (κ3) is 3.35. The van der Waals surface area contributed by atoms with E-state index in [1.165, 1.54) is 16.2 Å². The lowest BCUT2D eigenvalue weighted by Crippen LogP contribution is -2.28. The summed E-state index contributed by atoms with van der Waals surface area (Å²) in [7, 11) is 0. The summed E-state index contributed by atoms with van der Waals surface area (Å²) in [6.45, 7) is 7.39. The number of carbonyl (C=O) groups is 2. The van der Waals surface area contributed by atoms with Gasteiger partial charge < -0.3 is 15.8 Å². The molecule has 1 aromatic rings. The van der Waals surface area contributed by atoms with E-state index in [-0.39, 0.29) is 11.3 Å². The molecular formula is C18H26N2O3S. The van der Waals surface area contributed by atoms with Gasteiger partial charge in [-0.25, -0.2) is 0 Å². The van der Waals surface area contributed by atoms with Gasteiger partial charge in [-0.1, -0.05) is 20.8 Å². The molecule has 3 N–H and O–H groups in total. The summed E-state index contributed by atoms with van der Waals surface area (Å²) < 4.78 is 5.43. The normalized spacial score (nSPS) is 23.8. The number of amides is 2. The van der Waals surface area contributed by atoms with Crippen LogP contribution in [0.1, 0.15) is 60.8 Å². The van der Waals surface area contributed by atoms with E-state index in [2.05, 4.69) is 26.1 Å². The monoisotopic (exact) mass is 350 g/mol. The summed E-state index contributed by atoms with van der Waals surface area (Å²) in [5, 5.41) is 3.50. The van der Waals surface area contributed by atoms with Gasteiger partial charge in [0.1, 0.15) is 11.1 Å². The number of primary amides is 1. The number of anilines is 1. The minimum absolute atomic E-state index is 0.166. The van der Waals surface area contributed by atoms with E-state index in [1.807, 2.05) is 0 Å². The van der Waals surface area contributed by atoms with Crippen molar-refractivity contribution >= 4 is 28.2 Å². The molecule has 6 heteroatoms. The van der Waals surface area contributed by atoms with Crippen LogP contribution in [0.4, 0.5) is 5.00 Å². The first-order valence-electron chi connectivity index (χ1n) is 8.64. The van der Waals surface area contributed by atoms with Crippen LogP contribution >= 0.6 is 11.3 Å². The lowest BCUT2D eigenvalue weighted by atomic mass is 9.72. The van der Waals surface area contributed by atoms with Crippen molar-refractivity contribution in [1.29, 1.82) is 0 Å². The highest BCUT2D eigenvalue weighted by Crippen LogP contribution is 2.44. The first-order chi connectivity index (χ1) is 11.3. The number of nitrogens with two attached hydrogens (primary N) is 1. The number of carbonyl (C=O) groups excluding carboxylic acids is 2. The Hall–Kier alpha value is -1.40. The third-order valence-electron chi connectivity index (χ3n) is 5.20. The predicted molar refractivity (Wildman–Crippen MR) is 95.4 cm³/mol. The molecule has 0 bridgehead atoms. The zero-order chi connectivity index (χ0) is 17.5. The predicted octanol–water partition coefficient (Wildman–Crippen LogP) is 3.12. The molecule has 2 atom stereocenters. The SMILES string of the molecule is CC(C)(C)[C@H]1CCc2c(sc(NC(=O)[C@H]3CCCO3)c2C(N)=O)C1. The molecule has 0 saturated carbocycles. The Kier molecular flexibility index (Phi) is 4.71. The first-order valence-corrected chi connectivity index (χ1v) is 9.46. The molecule has 132 valence electrons. The Morgan fingerprint density at radius 3 is 2.62 bits per heavy atom. The van der Waals surface area contributed by atoms with Gasteiger partial charge in [0.15, 0.2) is 0 Å². The fourth-order valence-corrected chi connectivity index (χ4v) is 4.99. The van der Waals surface area contributed by atoms with Crippen molar-refractivity contribution in [2.45, 2.75) is 59.0 Å². The number of hydrogen-bond acceptors (Lipinski definition) is 4. The highest BCUT2D eigenvalue weighted by Gasteiger charge is 2.34. The lowest BCUT2D eigenvalue weighted by Gasteiger charge is -2.33. The second-order valence-corrected chi connectivity index (χ2v) is 8.97. The number of rotatable bonds is 3. The maximum absolute atomic E-state index is 12.3. The Labute approximate surface area is 146 Å². The fourth-order valence-electron chi connectivity index (χ4n) is 3.65. The number of thiophene rings is 1. The molecule has 2 amide bonds. The van der Waals surface area contributed by atoms with Crippen LogP contribution in [0.25, 0.3) is 0 Å². The molecular weight excluding hydrogens is 324 g/mol. The third-order valence-corrected chi connectivity index (χ3v) is 6.37. The highest BCUT2D eigenvalue weighted by molar-refractivity contribution is 7.17. The van der Waals surface area contributed by atoms with Crippen LogP contribution < -0.4 is 11.1 Å². The summed E-state index contributed by atoms with van der Waals surface area (Å²) in [4.78, 5) is 25.5. The minimum Gasteiger partial charge on any atom is -0.368 e. The number of nitrogens with one attached hydrogen (secondary N) is 1. The molecule has 24 heavy (non-hydrogen) atoms. The van der Waals surface area contributed by atoms with E-state index in [1.54, 1.807) is 0 Å². The molecule has 0 radical (unpaired) electrons. The fraction of sp³-hybridized carbons (Fsp3) is 0.667. The summed E-state index contributed by atoms with van der Waals surface area (Å²) in [5.41, 5.74) is 7.40. The van der Waals surface area contributed by atoms with Gasteiger partial charge in [0.25, 0.3) is 11.8 Å². The average Bonchev–Trinajstić information content (AvgIpc) is 3.12. The van der Waals surface area contributed by atoms with E-state index in [9.17, 15) is 9.59 Å². The van der Waals surface area contributed by atoms with Gasteiger partial charge in [-0.2, -0.15) is 0 Å². The zero-order valence-electron chi connectivity index (χ0n) is 14.6. The van der Waals surface area contributed by atoms with Crippen LogP contribution in [0.2, 0.25) is 0 Å². The molecule has 2 heterocycles. The highest BCUT2D eigenvalue weighted by atomic mass is 32.1. The van der Waals surface area contributed by atoms with Crippen molar-refractivity contribution in [2.75, 3.05) is 11.9 Å². The van der Waals surface area contributed by atoms with Crippen LogP contribution in [0.5, 0.6) is 0 Å². The van der Waals surface area contributed by atoms with Crippen LogP contribution in [0.3, 0.4) is 0 Å². The smallest absolute Gasteiger partial charge is 0.254 e. The van der Waals surface area contributed by atoms with Crippen molar-refractivity contribution in [1.82, 2.24) is 0 Å². The standard InChI is InChI=1S/C18H26N2O3S/c1-18(2,3)10-6-7-11-13(9-10)24-17(14(11)15(19)21)20-16(22)12-5-4-8-23-12/h10,12H,4-9H2,1-3H3,(H2,19,21)(H,20,22)/t10-,12+/m0/s1. The van der Waals surface area contributed by atoms with Crippen LogP contribution in [-0.4, -0.2) is 24.5 Å².